The van der Waals surface area contributed by atoms with Crippen molar-refractivity contribution in [3.8, 4) is 0 Å². The molecule has 0 amide bonds. The van der Waals surface area contributed by atoms with E-state index in [2.05, 4.69) is 5.43 Å². The van der Waals surface area contributed by atoms with Crippen molar-refractivity contribution in [3.05, 3.63) is 97.1 Å². The third-order valence-corrected chi connectivity index (χ3v) is 5.11. The molecule has 1 radical (unpaired) electrons. The predicted molar refractivity (Wildman–Crippen MR) is 113 cm³/mol. The van der Waals surface area contributed by atoms with Gasteiger partial charge in [0, 0.05) is 0 Å². The number of nitro groups is 3. The van der Waals surface area contributed by atoms with Crippen LogP contribution in [-0.2, 0) is 10.1 Å². The quantitative estimate of drug-likeness (QED) is 0.285. The molecular formula is C18H12N5O9S. The Morgan fingerprint density at radius 1 is 0.758 bits per heavy atom. The molecule has 0 spiro atoms. The summed E-state index contributed by atoms with van der Waals surface area (Å²) in [6.07, 6.45) is 0. The van der Waals surface area contributed by atoms with Crippen LogP contribution in [0.15, 0.2) is 71.6 Å². The number of nitrogens with zero attached hydrogens (tertiary/aromatic N) is 5. The highest BCUT2D eigenvalue weighted by Crippen LogP contribution is 2.40. The minimum Gasteiger partial charge on any atom is -0.282 e. The molecule has 14 nitrogen and oxygen atoms in total. The molecule has 0 unspecified atom stereocenters. The lowest BCUT2D eigenvalue weighted by Crippen LogP contribution is -2.24. The number of anilines is 2. The number of non-ortho nitro benzene ring substituents is 1. The maximum atomic E-state index is 11.6. The van der Waals surface area contributed by atoms with Crippen LogP contribution < -0.4 is 10.4 Å². The molecule has 3 rings (SSSR count). The molecule has 3 aromatic carbocycles. The van der Waals surface area contributed by atoms with Crippen LogP contribution in [-0.4, -0.2) is 27.7 Å². The van der Waals surface area contributed by atoms with Gasteiger partial charge >= 0.3 is 11.4 Å². The van der Waals surface area contributed by atoms with Crippen molar-refractivity contribution in [3.63, 3.8) is 0 Å². The summed E-state index contributed by atoms with van der Waals surface area (Å²) >= 11 is 0. The second kappa shape index (κ2) is 8.85. The smallest absolute Gasteiger partial charge is 0.282 e. The average molecular weight is 474 g/mol. The van der Waals surface area contributed by atoms with Crippen molar-refractivity contribution in [1.29, 1.82) is 0 Å². The highest BCUT2D eigenvalue weighted by Gasteiger charge is 2.33. The molecule has 33 heavy (non-hydrogen) atoms. The second-order valence-corrected chi connectivity index (χ2v) is 7.74. The first-order chi connectivity index (χ1) is 15.5. The lowest BCUT2D eigenvalue weighted by atomic mass is 10.2. The lowest BCUT2D eigenvalue weighted by molar-refractivity contribution is -0.402. The zero-order chi connectivity index (χ0) is 24.3. The van der Waals surface area contributed by atoms with Crippen LogP contribution in [0.2, 0.25) is 0 Å². The number of nitro benzene ring substituents is 3. The summed E-state index contributed by atoms with van der Waals surface area (Å²) in [5.74, 6) is 0. The maximum absolute atomic E-state index is 11.6. The van der Waals surface area contributed by atoms with Gasteiger partial charge in [0.15, 0.2) is 0 Å². The Labute approximate surface area is 184 Å². The van der Waals surface area contributed by atoms with Crippen LogP contribution in [0.5, 0.6) is 0 Å². The second-order valence-electron chi connectivity index (χ2n) is 6.32. The van der Waals surface area contributed by atoms with Crippen LogP contribution in [0.4, 0.5) is 34.1 Å². The Kier molecular flexibility index (Phi) is 6.18. The first-order valence-electron chi connectivity index (χ1n) is 8.74. The van der Waals surface area contributed by atoms with E-state index in [0.29, 0.717) is 12.1 Å². The van der Waals surface area contributed by atoms with Gasteiger partial charge in [-0.25, -0.2) is 5.01 Å². The first kappa shape index (κ1) is 23.0. The Morgan fingerprint density at radius 3 is 1.67 bits per heavy atom. The Balaban J connectivity index is 2.21. The molecule has 0 aliphatic carbocycles. The molecule has 0 atom stereocenters. The lowest BCUT2D eigenvalue weighted by Gasteiger charge is -2.23. The zero-order valence-corrected chi connectivity index (χ0v) is 17.0. The molecule has 0 fully saturated rings. The maximum Gasteiger partial charge on any atom is 0.310 e. The van der Waals surface area contributed by atoms with Crippen molar-refractivity contribution in [2.75, 3.05) is 5.01 Å². The summed E-state index contributed by atoms with van der Waals surface area (Å²) < 4.78 is 31.8. The molecule has 0 saturated carbocycles. The number of hydrogen-bond donors (Lipinski definition) is 1. The Bertz CT molecular complexity index is 1310. The van der Waals surface area contributed by atoms with Crippen LogP contribution in [0, 0.1) is 30.3 Å². The normalized spacial score (nSPS) is 10.9. The molecular weight excluding hydrogens is 462 g/mol. The van der Waals surface area contributed by atoms with E-state index in [1.165, 1.54) is 24.3 Å². The van der Waals surface area contributed by atoms with Crippen LogP contribution >= 0.6 is 0 Å². The number of para-hydroxylation sites is 1. The summed E-state index contributed by atoms with van der Waals surface area (Å²) in [6.45, 7) is 0. The van der Waals surface area contributed by atoms with E-state index in [0.717, 1.165) is 17.1 Å². The zero-order valence-electron chi connectivity index (χ0n) is 16.2. The Hall–Kier alpha value is -4.63. The standard InChI is InChI=1S/C18H12N5O9S/c24-21(25)14-10-16(22(26)27)18(17(11-14)23(28)29)19-20(12-4-2-1-3-5-12)13-6-8-15(9-7-13)33(30,31)32/h1-11H,(H,30,31,32). The monoisotopic (exact) mass is 474 g/mol. The van der Waals surface area contributed by atoms with E-state index < -0.39 is 52.5 Å². The van der Waals surface area contributed by atoms with Gasteiger partial charge in [-0.1, -0.05) is 18.2 Å². The van der Waals surface area contributed by atoms with Gasteiger partial charge in [0.2, 0.25) is 5.69 Å². The minimum atomic E-state index is -4.51. The molecule has 1 N–H and O–H groups in total. The van der Waals surface area contributed by atoms with E-state index in [9.17, 15) is 38.8 Å². The average Bonchev–Trinajstić information content (AvgIpc) is 2.76. The molecule has 0 heterocycles. The fourth-order valence-electron chi connectivity index (χ4n) is 2.77. The first-order valence-corrected chi connectivity index (χ1v) is 10.2. The summed E-state index contributed by atoms with van der Waals surface area (Å²) in [5.41, 5.74) is 0.856. The van der Waals surface area contributed by atoms with Gasteiger partial charge in [0.25, 0.3) is 15.8 Å². The summed E-state index contributed by atoms with van der Waals surface area (Å²) in [6, 6.07) is 13.5. The molecule has 0 saturated heterocycles. The molecule has 0 aliphatic heterocycles. The van der Waals surface area contributed by atoms with Gasteiger partial charge in [-0.05, 0) is 36.4 Å². The van der Waals surface area contributed by atoms with E-state index >= 15 is 0 Å². The third-order valence-electron chi connectivity index (χ3n) is 4.24. The van der Waals surface area contributed by atoms with E-state index in [-0.39, 0.29) is 11.4 Å². The van der Waals surface area contributed by atoms with Crippen molar-refractivity contribution in [1.82, 2.24) is 5.43 Å². The van der Waals surface area contributed by atoms with Crippen LogP contribution in [0.3, 0.4) is 0 Å². The topological polar surface area (TPSA) is 201 Å². The molecule has 0 bridgehead atoms. The number of benzene rings is 3. The molecule has 0 aliphatic rings. The largest absolute Gasteiger partial charge is 0.310 e. The fourth-order valence-corrected chi connectivity index (χ4v) is 3.25. The van der Waals surface area contributed by atoms with Gasteiger partial charge in [-0.2, -0.15) is 13.8 Å². The SMILES string of the molecule is O=[N+]([O-])c1cc([N+](=O)[O-])c([N]N(c2ccccc2)c2ccc(S(=O)(=O)O)cc2)c([N+](=O)[O-])c1. The number of rotatable bonds is 8. The summed E-state index contributed by atoms with van der Waals surface area (Å²) in [4.78, 5) is 30.7. The summed E-state index contributed by atoms with van der Waals surface area (Å²) in [5, 5.41) is 35.3. The molecule has 169 valence electrons. The molecule has 3 aromatic rings. The van der Waals surface area contributed by atoms with Crippen LogP contribution in [0.25, 0.3) is 0 Å². The van der Waals surface area contributed by atoms with Crippen molar-refractivity contribution < 1.29 is 27.7 Å². The Morgan fingerprint density at radius 2 is 1.24 bits per heavy atom. The van der Waals surface area contributed by atoms with E-state index in [1.54, 1.807) is 18.2 Å². The predicted octanol–water partition coefficient (Wildman–Crippen LogP) is 3.65. The molecule has 15 heteroatoms. The van der Waals surface area contributed by atoms with Crippen molar-refractivity contribution in [2.24, 2.45) is 0 Å². The van der Waals surface area contributed by atoms with Gasteiger partial charge in [0.05, 0.1) is 43.2 Å². The van der Waals surface area contributed by atoms with Gasteiger partial charge in [-0.3, -0.25) is 34.9 Å². The highest BCUT2D eigenvalue weighted by molar-refractivity contribution is 7.85. The minimum absolute atomic E-state index is 0.121. The summed E-state index contributed by atoms with van der Waals surface area (Å²) in [7, 11) is -4.51. The van der Waals surface area contributed by atoms with Crippen molar-refractivity contribution in [2.45, 2.75) is 4.90 Å². The highest BCUT2D eigenvalue weighted by atomic mass is 32.2. The van der Waals surface area contributed by atoms with Gasteiger partial charge < -0.3 is 0 Å². The van der Waals surface area contributed by atoms with E-state index in [4.69, 9.17) is 4.55 Å². The molecule has 0 aromatic heterocycles. The van der Waals surface area contributed by atoms with E-state index in [1.807, 2.05) is 0 Å². The van der Waals surface area contributed by atoms with Gasteiger partial charge in [0.1, 0.15) is 0 Å². The third kappa shape index (κ3) is 5.00. The van der Waals surface area contributed by atoms with Gasteiger partial charge in [-0.15, -0.1) is 0 Å². The van der Waals surface area contributed by atoms with Crippen LogP contribution in [0.1, 0.15) is 0 Å². The number of hydrogen-bond acceptors (Lipinski definition) is 9. The van der Waals surface area contributed by atoms with Crippen molar-refractivity contribution >= 4 is 44.2 Å². The fraction of sp³-hybridized carbons (Fsp3) is 0.